The summed E-state index contributed by atoms with van der Waals surface area (Å²) in [5, 5.41) is 13.4. The van der Waals surface area contributed by atoms with E-state index in [1.807, 2.05) is 24.3 Å². The van der Waals surface area contributed by atoms with E-state index in [9.17, 15) is 9.90 Å². The Balaban J connectivity index is 1.91. The molecule has 0 bridgehead atoms. The van der Waals surface area contributed by atoms with E-state index in [2.05, 4.69) is 10.5 Å². The van der Waals surface area contributed by atoms with Crippen molar-refractivity contribution in [1.82, 2.24) is 5.43 Å². The van der Waals surface area contributed by atoms with Crippen LogP contribution >= 0.6 is 0 Å². The van der Waals surface area contributed by atoms with Crippen molar-refractivity contribution in [1.29, 1.82) is 0 Å². The number of carbonyl (C=O) groups excluding carboxylic acids is 1. The molecule has 24 heavy (non-hydrogen) atoms. The molecule has 6 heteroatoms. The zero-order valence-electron chi connectivity index (χ0n) is 13.4. The number of aromatic hydroxyl groups is 1. The fourth-order valence-electron chi connectivity index (χ4n) is 1.87. The lowest BCUT2D eigenvalue weighted by atomic mass is 10.2. The van der Waals surface area contributed by atoms with Crippen LogP contribution in [0.1, 0.15) is 11.1 Å². The number of ether oxygens (including phenoxy) is 2. The number of phenols is 1. The lowest BCUT2D eigenvalue weighted by Crippen LogP contribution is -2.14. The minimum absolute atomic E-state index is 0.0427. The summed E-state index contributed by atoms with van der Waals surface area (Å²) in [5.41, 5.74) is 3.95. The van der Waals surface area contributed by atoms with Crippen LogP contribution in [-0.4, -0.2) is 31.4 Å². The molecule has 0 unspecified atom stereocenters. The molecule has 0 aromatic heterocycles. The van der Waals surface area contributed by atoms with Crippen LogP contribution in [0.5, 0.6) is 17.2 Å². The van der Waals surface area contributed by atoms with Gasteiger partial charge in [-0.3, -0.25) is 4.79 Å². The summed E-state index contributed by atoms with van der Waals surface area (Å²) >= 11 is 0. The van der Waals surface area contributed by atoms with Gasteiger partial charge in [0.2, 0.25) is 0 Å². The Morgan fingerprint density at radius 2 is 1.79 bits per heavy atom. The number of benzene rings is 2. The summed E-state index contributed by atoms with van der Waals surface area (Å²) in [4.78, 5) is 11.7. The highest BCUT2D eigenvalue weighted by molar-refractivity contribution is 5.92. The first-order chi connectivity index (χ1) is 11.6. The van der Waals surface area contributed by atoms with Gasteiger partial charge in [-0.05, 0) is 47.5 Å². The highest BCUT2D eigenvalue weighted by Crippen LogP contribution is 2.25. The number of nitrogens with one attached hydrogen (secondary N) is 1. The quantitative estimate of drug-likeness (QED) is 0.486. The Kier molecular flexibility index (Phi) is 5.96. The van der Waals surface area contributed by atoms with Crippen molar-refractivity contribution in [3.05, 3.63) is 59.7 Å². The van der Waals surface area contributed by atoms with Crippen LogP contribution in [0.25, 0.3) is 6.08 Å². The maximum atomic E-state index is 11.7. The Morgan fingerprint density at radius 1 is 1.08 bits per heavy atom. The van der Waals surface area contributed by atoms with Gasteiger partial charge in [0.15, 0.2) is 11.5 Å². The molecular formula is C18H18N2O4. The van der Waals surface area contributed by atoms with Gasteiger partial charge < -0.3 is 14.6 Å². The monoisotopic (exact) mass is 326 g/mol. The second-order valence-electron chi connectivity index (χ2n) is 4.77. The van der Waals surface area contributed by atoms with E-state index in [-0.39, 0.29) is 11.7 Å². The van der Waals surface area contributed by atoms with Crippen molar-refractivity contribution in [2.24, 2.45) is 5.10 Å². The van der Waals surface area contributed by atoms with Gasteiger partial charge in [0.05, 0.1) is 20.4 Å². The van der Waals surface area contributed by atoms with E-state index in [1.165, 1.54) is 25.5 Å². The fraction of sp³-hybridized carbons (Fsp3) is 0.111. The Hall–Kier alpha value is -3.28. The third-order valence-corrected chi connectivity index (χ3v) is 3.14. The number of hydrogen-bond acceptors (Lipinski definition) is 5. The van der Waals surface area contributed by atoms with Gasteiger partial charge in [0.1, 0.15) is 5.75 Å². The molecule has 2 N–H and O–H groups in total. The standard InChI is InChI=1S/C18H18N2O4/c1-23-15-7-3-13(4-8-15)6-10-18(22)20-19-12-14-5-9-16(21)17(11-14)24-2/h3-12,21H,1-2H3,(H,20,22)/b10-6+,19-12-. The first kappa shape index (κ1) is 17.1. The number of phenolic OH excluding ortho intramolecular Hbond substituents is 1. The second kappa shape index (κ2) is 8.38. The number of nitrogens with zero attached hydrogens (tertiary/aromatic N) is 1. The summed E-state index contributed by atoms with van der Waals surface area (Å²) in [7, 11) is 3.06. The normalized spacial score (nSPS) is 10.9. The van der Waals surface area contributed by atoms with Crippen LogP contribution in [0.3, 0.4) is 0 Å². The molecule has 0 fully saturated rings. The first-order valence-electron chi connectivity index (χ1n) is 7.14. The third-order valence-electron chi connectivity index (χ3n) is 3.14. The van der Waals surface area contributed by atoms with Crippen LogP contribution in [0.15, 0.2) is 53.6 Å². The van der Waals surface area contributed by atoms with Crippen molar-refractivity contribution < 1.29 is 19.4 Å². The average molecular weight is 326 g/mol. The number of carbonyl (C=O) groups is 1. The van der Waals surface area contributed by atoms with Gasteiger partial charge in [-0.15, -0.1) is 0 Å². The largest absolute Gasteiger partial charge is 0.504 e. The Bertz CT molecular complexity index is 752. The number of rotatable bonds is 6. The van der Waals surface area contributed by atoms with Gasteiger partial charge in [0.25, 0.3) is 5.91 Å². The molecule has 0 aliphatic carbocycles. The van der Waals surface area contributed by atoms with E-state index in [0.717, 1.165) is 11.3 Å². The number of hydrazone groups is 1. The summed E-state index contributed by atoms with van der Waals surface area (Å²) in [6, 6.07) is 12.1. The van der Waals surface area contributed by atoms with Gasteiger partial charge >= 0.3 is 0 Å². The van der Waals surface area contributed by atoms with Gasteiger partial charge in [0, 0.05) is 6.08 Å². The summed E-state index contributed by atoms with van der Waals surface area (Å²) < 4.78 is 10.1. The minimum Gasteiger partial charge on any atom is -0.504 e. The number of hydrogen-bond donors (Lipinski definition) is 2. The summed E-state index contributed by atoms with van der Waals surface area (Å²) in [6.07, 6.45) is 4.52. The number of methoxy groups -OCH3 is 2. The molecule has 0 saturated heterocycles. The van der Waals surface area contributed by atoms with E-state index in [0.29, 0.717) is 11.3 Å². The molecule has 124 valence electrons. The van der Waals surface area contributed by atoms with Gasteiger partial charge in [-0.1, -0.05) is 12.1 Å². The van der Waals surface area contributed by atoms with Crippen molar-refractivity contribution in [2.75, 3.05) is 14.2 Å². The summed E-state index contributed by atoms with van der Waals surface area (Å²) in [5.74, 6) is 0.782. The van der Waals surface area contributed by atoms with Crippen LogP contribution in [0.2, 0.25) is 0 Å². The molecule has 0 aliphatic rings. The SMILES string of the molecule is COc1ccc(/C=C/C(=O)N/N=C\c2ccc(O)c(OC)c2)cc1. The molecule has 0 spiro atoms. The average Bonchev–Trinajstić information content (AvgIpc) is 2.61. The Labute approximate surface area is 140 Å². The molecule has 0 heterocycles. The van der Waals surface area contributed by atoms with Crippen molar-refractivity contribution in [2.45, 2.75) is 0 Å². The predicted molar refractivity (Wildman–Crippen MR) is 92.4 cm³/mol. The lowest BCUT2D eigenvalue weighted by molar-refractivity contribution is -0.116. The van der Waals surface area contributed by atoms with Crippen LogP contribution in [0, 0.1) is 0 Å². The third kappa shape index (κ3) is 4.88. The maximum absolute atomic E-state index is 11.7. The predicted octanol–water partition coefficient (Wildman–Crippen LogP) is 2.57. The first-order valence-corrected chi connectivity index (χ1v) is 7.14. The Morgan fingerprint density at radius 3 is 2.46 bits per heavy atom. The van der Waals surface area contributed by atoms with E-state index < -0.39 is 0 Å². The van der Waals surface area contributed by atoms with Crippen LogP contribution in [0.4, 0.5) is 0 Å². The number of amides is 1. The lowest BCUT2D eigenvalue weighted by Gasteiger charge is -2.03. The van der Waals surface area contributed by atoms with Gasteiger partial charge in [-0.2, -0.15) is 5.10 Å². The molecule has 0 saturated carbocycles. The molecular weight excluding hydrogens is 308 g/mol. The van der Waals surface area contributed by atoms with Crippen LogP contribution < -0.4 is 14.9 Å². The van der Waals surface area contributed by atoms with E-state index in [1.54, 1.807) is 25.3 Å². The van der Waals surface area contributed by atoms with Gasteiger partial charge in [-0.25, -0.2) is 5.43 Å². The van der Waals surface area contributed by atoms with Crippen molar-refractivity contribution in [3.8, 4) is 17.2 Å². The molecule has 6 nitrogen and oxygen atoms in total. The molecule has 0 atom stereocenters. The molecule has 2 aromatic rings. The zero-order chi connectivity index (χ0) is 17.4. The highest BCUT2D eigenvalue weighted by Gasteiger charge is 2.01. The van der Waals surface area contributed by atoms with E-state index in [4.69, 9.17) is 9.47 Å². The molecule has 2 aromatic carbocycles. The minimum atomic E-state index is -0.354. The molecule has 0 aliphatic heterocycles. The molecule has 0 radical (unpaired) electrons. The second-order valence-corrected chi connectivity index (χ2v) is 4.77. The van der Waals surface area contributed by atoms with Crippen LogP contribution in [-0.2, 0) is 4.79 Å². The summed E-state index contributed by atoms with van der Waals surface area (Å²) in [6.45, 7) is 0. The smallest absolute Gasteiger partial charge is 0.264 e. The molecule has 2 rings (SSSR count). The van der Waals surface area contributed by atoms with Crippen molar-refractivity contribution in [3.63, 3.8) is 0 Å². The van der Waals surface area contributed by atoms with E-state index >= 15 is 0 Å². The fourth-order valence-corrected chi connectivity index (χ4v) is 1.87. The zero-order valence-corrected chi connectivity index (χ0v) is 13.4. The maximum Gasteiger partial charge on any atom is 0.264 e. The topological polar surface area (TPSA) is 80.2 Å². The molecule has 1 amide bonds. The van der Waals surface area contributed by atoms with Crippen molar-refractivity contribution >= 4 is 18.2 Å². The highest BCUT2D eigenvalue weighted by atomic mass is 16.5.